The van der Waals surface area contributed by atoms with Crippen molar-refractivity contribution in [1.29, 1.82) is 0 Å². The lowest BCUT2D eigenvalue weighted by Crippen LogP contribution is -2.29. The molecule has 0 spiro atoms. The summed E-state index contributed by atoms with van der Waals surface area (Å²) in [4.78, 5) is 4.37. The van der Waals surface area contributed by atoms with Gasteiger partial charge in [0.05, 0.1) is 0 Å². The van der Waals surface area contributed by atoms with Crippen LogP contribution in [0.25, 0.3) is 11.0 Å². The zero-order chi connectivity index (χ0) is 20.2. The number of nitrogens with one attached hydrogen (secondary N) is 3. The molecule has 7 nitrogen and oxygen atoms in total. The minimum absolute atomic E-state index is 0.468. The van der Waals surface area contributed by atoms with E-state index in [2.05, 4.69) is 25.8 Å². The fraction of sp³-hybridized carbons (Fsp3) is 0.217. The Hall–Kier alpha value is -3.58. The predicted octanol–water partition coefficient (Wildman–Crippen LogP) is 4.71. The Balaban J connectivity index is 1.32. The lowest BCUT2D eigenvalue weighted by atomic mass is 10.2. The van der Waals surface area contributed by atoms with Gasteiger partial charge < -0.3 is 20.1 Å². The van der Waals surface area contributed by atoms with Gasteiger partial charge >= 0.3 is 0 Å². The van der Waals surface area contributed by atoms with Gasteiger partial charge in [-0.25, -0.2) is 4.98 Å². The van der Waals surface area contributed by atoms with Gasteiger partial charge in [0.1, 0.15) is 28.4 Å². The van der Waals surface area contributed by atoms with E-state index in [0.717, 1.165) is 35.8 Å². The SMILES string of the molecule is c1ccc(Oc2ccc(Oc3ccnc4[nH]nc(NC[C@@H]5CCCN5)c34)cc2)cc1. The third-order valence-electron chi connectivity index (χ3n) is 5.13. The molecule has 2 aromatic carbocycles. The number of aromatic nitrogens is 3. The largest absolute Gasteiger partial charge is 0.457 e. The molecule has 2 aromatic heterocycles. The zero-order valence-electron chi connectivity index (χ0n) is 16.5. The number of ether oxygens (including phenoxy) is 2. The van der Waals surface area contributed by atoms with Crippen LogP contribution in [0.15, 0.2) is 66.9 Å². The molecule has 152 valence electrons. The molecule has 0 amide bonds. The van der Waals surface area contributed by atoms with Crippen molar-refractivity contribution < 1.29 is 9.47 Å². The van der Waals surface area contributed by atoms with Crippen molar-refractivity contribution in [3.05, 3.63) is 66.9 Å². The van der Waals surface area contributed by atoms with Crippen molar-refractivity contribution >= 4 is 16.9 Å². The summed E-state index contributed by atoms with van der Waals surface area (Å²) in [6, 6.07) is 19.6. The molecule has 0 unspecified atom stereocenters. The van der Waals surface area contributed by atoms with Crippen LogP contribution in [0, 0.1) is 0 Å². The summed E-state index contributed by atoms with van der Waals surface area (Å²) in [6.07, 6.45) is 4.10. The van der Waals surface area contributed by atoms with Crippen LogP contribution in [0.3, 0.4) is 0 Å². The molecule has 3 heterocycles. The van der Waals surface area contributed by atoms with Crippen LogP contribution < -0.4 is 20.1 Å². The normalized spacial score (nSPS) is 15.9. The number of rotatable bonds is 7. The minimum atomic E-state index is 0.468. The predicted molar refractivity (Wildman–Crippen MR) is 116 cm³/mol. The van der Waals surface area contributed by atoms with Gasteiger partial charge in [0, 0.05) is 24.8 Å². The van der Waals surface area contributed by atoms with Crippen molar-refractivity contribution in [3.63, 3.8) is 0 Å². The highest BCUT2D eigenvalue weighted by atomic mass is 16.5. The minimum Gasteiger partial charge on any atom is -0.457 e. The van der Waals surface area contributed by atoms with Crippen molar-refractivity contribution in [3.8, 4) is 23.0 Å². The maximum atomic E-state index is 6.16. The Morgan fingerprint density at radius 1 is 0.933 bits per heavy atom. The van der Waals surface area contributed by atoms with E-state index in [9.17, 15) is 0 Å². The number of para-hydroxylation sites is 1. The fourth-order valence-corrected chi connectivity index (χ4v) is 3.61. The summed E-state index contributed by atoms with van der Waals surface area (Å²) in [5.41, 5.74) is 0.693. The lowest BCUT2D eigenvalue weighted by Gasteiger charge is -2.12. The fourth-order valence-electron chi connectivity index (χ4n) is 3.61. The standard InChI is InChI=1S/C23H23N5O2/c1-2-6-17(7-3-1)29-18-8-10-19(11-9-18)30-20-12-14-25-22-21(20)23(28-27-22)26-15-16-5-4-13-24-16/h1-3,6-12,14,16,24H,4-5,13,15H2,(H2,25,26,27,28)/t16-/m0/s1. The maximum Gasteiger partial charge on any atom is 0.161 e. The van der Waals surface area contributed by atoms with E-state index in [1.54, 1.807) is 6.20 Å². The number of hydrogen-bond donors (Lipinski definition) is 3. The van der Waals surface area contributed by atoms with Crippen LogP contribution in [-0.4, -0.2) is 34.3 Å². The first-order chi connectivity index (χ1) is 14.8. The molecule has 1 aliphatic heterocycles. The van der Waals surface area contributed by atoms with Crippen molar-refractivity contribution in [2.24, 2.45) is 0 Å². The topological polar surface area (TPSA) is 84.1 Å². The Morgan fingerprint density at radius 2 is 1.70 bits per heavy atom. The molecule has 0 aliphatic carbocycles. The molecule has 4 aromatic rings. The van der Waals surface area contributed by atoms with E-state index in [0.29, 0.717) is 23.2 Å². The first-order valence-electron chi connectivity index (χ1n) is 10.2. The Labute approximate surface area is 174 Å². The highest BCUT2D eigenvalue weighted by Gasteiger charge is 2.17. The van der Waals surface area contributed by atoms with Crippen molar-refractivity contribution in [2.45, 2.75) is 18.9 Å². The van der Waals surface area contributed by atoms with E-state index in [1.165, 1.54) is 12.8 Å². The van der Waals surface area contributed by atoms with Crippen LogP contribution in [0.5, 0.6) is 23.0 Å². The monoisotopic (exact) mass is 401 g/mol. The summed E-state index contributed by atoms with van der Waals surface area (Å²) in [7, 11) is 0. The van der Waals surface area contributed by atoms with Crippen LogP contribution >= 0.6 is 0 Å². The Morgan fingerprint density at radius 3 is 2.47 bits per heavy atom. The van der Waals surface area contributed by atoms with Gasteiger partial charge in [-0.15, -0.1) is 0 Å². The number of pyridine rings is 1. The number of nitrogens with zero attached hydrogens (tertiary/aromatic N) is 2. The molecule has 30 heavy (non-hydrogen) atoms. The smallest absolute Gasteiger partial charge is 0.161 e. The molecule has 1 saturated heterocycles. The molecule has 0 saturated carbocycles. The summed E-state index contributed by atoms with van der Waals surface area (Å²) >= 11 is 0. The summed E-state index contributed by atoms with van der Waals surface area (Å²) in [5, 5.41) is 15.1. The molecule has 0 radical (unpaired) electrons. The molecule has 3 N–H and O–H groups in total. The number of H-pyrrole nitrogens is 1. The summed E-state index contributed by atoms with van der Waals surface area (Å²) in [6.45, 7) is 1.90. The molecular weight excluding hydrogens is 378 g/mol. The molecule has 7 heteroatoms. The summed E-state index contributed by atoms with van der Waals surface area (Å²) in [5.74, 6) is 3.72. The maximum absolute atomic E-state index is 6.16. The van der Waals surface area contributed by atoms with Crippen molar-refractivity contribution in [2.75, 3.05) is 18.4 Å². The zero-order valence-corrected chi connectivity index (χ0v) is 16.5. The van der Waals surface area contributed by atoms with E-state index >= 15 is 0 Å². The molecule has 1 atom stereocenters. The summed E-state index contributed by atoms with van der Waals surface area (Å²) < 4.78 is 12.0. The third kappa shape index (κ3) is 4.06. The van der Waals surface area contributed by atoms with E-state index in [-0.39, 0.29) is 0 Å². The van der Waals surface area contributed by atoms with Crippen LogP contribution in [-0.2, 0) is 0 Å². The number of fused-ring (bicyclic) bond motifs is 1. The van der Waals surface area contributed by atoms with Gasteiger partial charge in [-0.05, 0) is 55.8 Å². The average molecular weight is 401 g/mol. The van der Waals surface area contributed by atoms with Gasteiger partial charge in [-0.3, -0.25) is 5.10 Å². The Bertz CT molecular complexity index is 1110. The van der Waals surface area contributed by atoms with Crippen LogP contribution in [0.4, 0.5) is 5.82 Å². The van der Waals surface area contributed by atoms with Gasteiger partial charge in [-0.1, -0.05) is 18.2 Å². The second kappa shape index (κ2) is 8.42. The molecule has 0 bridgehead atoms. The average Bonchev–Trinajstić information content (AvgIpc) is 3.45. The number of aromatic amines is 1. The lowest BCUT2D eigenvalue weighted by molar-refractivity contribution is 0.471. The van der Waals surface area contributed by atoms with E-state index in [4.69, 9.17) is 9.47 Å². The first kappa shape index (κ1) is 18.4. The molecular formula is C23H23N5O2. The highest BCUT2D eigenvalue weighted by Crippen LogP contribution is 2.33. The molecule has 1 aliphatic rings. The van der Waals surface area contributed by atoms with Crippen LogP contribution in [0.1, 0.15) is 12.8 Å². The highest BCUT2D eigenvalue weighted by molar-refractivity contribution is 5.93. The van der Waals surface area contributed by atoms with Crippen molar-refractivity contribution in [1.82, 2.24) is 20.5 Å². The van der Waals surface area contributed by atoms with Crippen LogP contribution in [0.2, 0.25) is 0 Å². The van der Waals surface area contributed by atoms with E-state index < -0.39 is 0 Å². The van der Waals surface area contributed by atoms with Gasteiger partial charge in [0.15, 0.2) is 11.5 Å². The number of anilines is 1. The first-order valence-corrected chi connectivity index (χ1v) is 10.2. The van der Waals surface area contributed by atoms with Gasteiger partial charge in [0.2, 0.25) is 0 Å². The number of benzene rings is 2. The Kier molecular flexibility index (Phi) is 5.18. The second-order valence-corrected chi connectivity index (χ2v) is 7.27. The van der Waals surface area contributed by atoms with E-state index in [1.807, 2.05) is 60.7 Å². The quantitative estimate of drug-likeness (QED) is 0.416. The number of hydrogen-bond acceptors (Lipinski definition) is 6. The van der Waals surface area contributed by atoms with Gasteiger partial charge in [0.25, 0.3) is 0 Å². The molecule has 5 rings (SSSR count). The van der Waals surface area contributed by atoms with Gasteiger partial charge in [-0.2, -0.15) is 5.10 Å². The molecule has 1 fully saturated rings. The second-order valence-electron chi connectivity index (χ2n) is 7.27. The third-order valence-corrected chi connectivity index (χ3v) is 5.13.